The molecule has 0 aliphatic heterocycles. The lowest BCUT2D eigenvalue weighted by Crippen LogP contribution is -2.73. The van der Waals surface area contributed by atoms with Crippen LogP contribution in [0.1, 0.15) is 38.5 Å². The largest absolute Gasteiger partial charge is 0.367 e. The van der Waals surface area contributed by atoms with Crippen molar-refractivity contribution in [3.05, 3.63) is 12.7 Å². The fraction of sp³-hybridized carbons (Fsp3) is 0.875. The number of methoxy groups -OCH3 is 5. The molecule has 0 amide bonds. The maximum absolute atomic E-state index is 5.70. The van der Waals surface area contributed by atoms with Crippen molar-refractivity contribution >= 4 is 21.0 Å². The van der Waals surface area contributed by atoms with E-state index < -0.39 is 17.5 Å². The van der Waals surface area contributed by atoms with Gasteiger partial charge in [0, 0.05) is 42.0 Å². The van der Waals surface area contributed by atoms with E-state index in [-0.39, 0.29) is 0 Å². The van der Waals surface area contributed by atoms with Crippen LogP contribution in [0.4, 0.5) is 0 Å². The first-order chi connectivity index (χ1) is 12.0. The van der Waals surface area contributed by atoms with Crippen LogP contribution in [0.25, 0.3) is 0 Å². The predicted octanol–water partition coefficient (Wildman–Crippen LogP) is 1.99. The fourth-order valence-electron chi connectivity index (χ4n) is 2.97. The first kappa shape index (κ1) is 24.9. The molecule has 0 bridgehead atoms. The summed E-state index contributed by atoms with van der Waals surface area (Å²) in [4.78, 5) is 0. The molecule has 0 spiro atoms. The van der Waals surface area contributed by atoms with Gasteiger partial charge in [0.2, 0.25) is 5.79 Å². The van der Waals surface area contributed by atoms with E-state index in [9.17, 15) is 0 Å². The monoisotopic (exact) mass is 390 g/mol. The molecule has 0 rings (SSSR count). The molecule has 0 aromatic rings. The Morgan fingerprint density at radius 2 is 1.28 bits per heavy atom. The van der Waals surface area contributed by atoms with Crippen molar-refractivity contribution in [2.75, 3.05) is 35.5 Å². The highest BCUT2D eigenvalue weighted by Gasteiger charge is 2.69. The van der Waals surface area contributed by atoms with Crippen molar-refractivity contribution in [2.45, 2.75) is 56.1 Å². The van der Waals surface area contributed by atoms with Crippen LogP contribution in [0.15, 0.2) is 12.7 Å². The van der Waals surface area contributed by atoms with Crippen molar-refractivity contribution in [3.8, 4) is 0 Å². The Morgan fingerprint density at radius 1 is 0.760 bits per heavy atom. The third kappa shape index (κ3) is 4.99. The molecular weight excluding hydrogens is 360 g/mol. The molecule has 0 saturated carbocycles. The number of ether oxygens (including phenoxy) is 5. The molecule has 0 aliphatic rings. The third-order valence-electron chi connectivity index (χ3n) is 4.34. The minimum absolute atomic E-state index is 0.450. The number of hydrogen-bond donors (Lipinski definition) is 0. The van der Waals surface area contributed by atoms with Gasteiger partial charge in [-0.05, 0) is 19.3 Å². The normalized spacial score (nSPS) is 13.2. The molecule has 0 heterocycles. The molecule has 0 aliphatic carbocycles. The van der Waals surface area contributed by atoms with Crippen LogP contribution in [-0.4, -0.2) is 74.1 Å². The quantitative estimate of drug-likeness (QED) is 0.173. The summed E-state index contributed by atoms with van der Waals surface area (Å²) < 4.78 is 38.6. The average Bonchev–Trinajstić information content (AvgIpc) is 2.67. The highest BCUT2D eigenvalue weighted by molar-refractivity contribution is 6.00. The fourth-order valence-corrected chi connectivity index (χ4v) is 3.57. The molecule has 25 heavy (non-hydrogen) atoms. The van der Waals surface area contributed by atoms with Gasteiger partial charge in [0.05, 0.1) is 0 Å². The molecule has 0 aromatic carbocycles. The van der Waals surface area contributed by atoms with Crippen molar-refractivity contribution in [2.24, 2.45) is 0 Å². The Labute approximate surface area is 158 Å². The summed E-state index contributed by atoms with van der Waals surface area (Å²) in [7, 11) is 13.1. The third-order valence-corrected chi connectivity index (χ3v) is 4.88. The van der Waals surface area contributed by atoms with Gasteiger partial charge >= 0.3 is 11.8 Å². The van der Waals surface area contributed by atoms with Gasteiger partial charge in [-0.3, -0.25) is 0 Å². The first-order valence-corrected chi connectivity index (χ1v) is 8.86. The molecule has 144 valence electrons. The van der Waals surface area contributed by atoms with Gasteiger partial charge < -0.3 is 32.5 Å². The van der Waals surface area contributed by atoms with Crippen molar-refractivity contribution in [1.82, 2.24) is 0 Å². The number of hydrogen-bond acceptors (Lipinski definition) is 7. The number of allylic oxidation sites excluding steroid dienone is 1. The minimum Gasteiger partial charge on any atom is -0.367 e. The maximum atomic E-state index is 5.70. The summed E-state index contributed by atoms with van der Waals surface area (Å²) in [6.07, 6.45) is 7.31. The Hall–Kier alpha value is -0.106. The molecule has 7 nitrogen and oxygen atoms in total. The van der Waals surface area contributed by atoms with Crippen LogP contribution in [0.2, 0.25) is 0 Å². The highest BCUT2D eigenvalue weighted by Crippen LogP contribution is 2.45. The Balaban J connectivity index is 5.58. The Bertz CT molecular complexity index is 348. The first-order valence-electron chi connectivity index (χ1n) is 8.05. The highest BCUT2D eigenvalue weighted by atomic mass is 28.2. The summed E-state index contributed by atoms with van der Waals surface area (Å²) >= 11 is 0. The van der Waals surface area contributed by atoms with Gasteiger partial charge in [-0.25, -0.2) is 0 Å². The van der Waals surface area contributed by atoms with E-state index in [4.69, 9.17) is 32.5 Å². The molecule has 6 radical (unpaired) electrons. The van der Waals surface area contributed by atoms with Crippen molar-refractivity contribution in [3.63, 3.8) is 0 Å². The van der Waals surface area contributed by atoms with Crippen LogP contribution in [0.5, 0.6) is 0 Å². The van der Waals surface area contributed by atoms with Gasteiger partial charge in [-0.1, -0.05) is 18.9 Å². The molecule has 0 atom stereocenters. The zero-order chi connectivity index (χ0) is 19.4. The Kier molecular flexibility index (Phi) is 12.3. The van der Waals surface area contributed by atoms with Gasteiger partial charge in [0.15, 0.2) is 0 Å². The van der Waals surface area contributed by atoms with E-state index in [1.807, 2.05) is 6.08 Å². The molecule has 0 N–H and O–H groups in total. The van der Waals surface area contributed by atoms with Gasteiger partial charge in [-0.2, -0.15) is 0 Å². The van der Waals surface area contributed by atoms with Gasteiger partial charge in [0.1, 0.15) is 0 Å². The van der Waals surface area contributed by atoms with Crippen molar-refractivity contribution < 1.29 is 32.5 Å². The van der Waals surface area contributed by atoms with Gasteiger partial charge in [0.25, 0.3) is 21.0 Å². The summed E-state index contributed by atoms with van der Waals surface area (Å²) in [5.74, 6) is -4.95. The number of unbranched alkanes of at least 4 members (excludes halogenated alkanes) is 4. The van der Waals surface area contributed by atoms with Gasteiger partial charge in [-0.15, -0.1) is 6.58 Å². The molecule has 0 unspecified atom stereocenters. The SMILES string of the molecule is C=CCCCCCCC(OC)(OC)C(OC)(OC)C(OC)(O[Si])O[Si]. The van der Waals surface area contributed by atoms with E-state index >= 15 is 0 Å². The van der Waals surface area contributed by atoms with E-state index in [2.05, 4.69) is 27.6 Å². The van der Waals surface area contributed by atoms with Crippen LogP contribution >= 0.6 is 0 Å². The van der Waals surface area contributed by atoms with E-state index in [0.717, 1.165) is 32.1 Å². The summed E-state index contributed by atoms with van der Waals surface area (Å²) in [6.45, 7) is 3.73. The van der Waals surface area contributed by atoms with Crippen LogP contribution in [0.3, 0.4) is 0 Å². The lowest BCUT2D eigenvalue weighted by Gasteiger charge is -2.52. The second-order valence-electron chi connectivity index (χ2n) is 5.39. The van der Waals surface area contributed by atoms with E-state index in [0.29, 0.717) is 6.42 Å². The van der Waals surface area contributed by atoms with E-state index in [1.165, 1.54) is 35.5 Å². The minimum atomic E-state index is -1.86. The van der Waals surface area contributed by atoms with Crippen molar-refractivity contribution in [1.29, 1.82) is 0 Å². The Morgan fingerprint density at radius 3 is 1.64 bits per heavy atom. The maximum Gasteiger partial charge on any atom is 0.326 e. The van der Waals surface area contributed by atoms with Crippen LogP contribution < -0.4 is 0 Å². The molecular formula is C16H30O7Si2. The summed E-state index contributed by atoms with van der Waals surface area (Å²) in [5, 5.41) is 0. The topological polar surface area (TPSA) is 64.6 Å². The smallest absolute Gasteiger partial charge is 0.326 e. The number of rotatable bonds is 16. The molecule has 0 aromatic heterocycles. The molecule has 9 heteroatoms. The summed E-state index contributed by atoms with van der Waals surface area (Å²) in [5.41, 5.74) is 0. The second kappa shape index (κ2) is 12.3. The predicted molar refractivity (Wildman–Crippen MR) is 94.8 cm³/mol. The van der Waals surface area contributed by atoms with E-state index in [1.54, 1.807) is 0 Å². The average molecular weight is 391 g/mol. The zero-order valence-corrected chi connectivity index (χ0v) is 17.9. The molecule has 0 fully saturated rings. The lowest BCUT2D eigenvalue weighted by atomic mass is 9.95. The lowest BCUT2D eigenvalue weighted by molar-refractivity contribution is -0.510. The van der Waals surface area contributed by atoms with Crippen LogP contribution in [0, 0.1) is 0 Å². The standard InChI is InChI=1S/C16H30O7Si2/c1-7-8-9-10-11-12-13-14(17-2,18-3)15(19-4,20-5)16(21-6,22-24)23-25/h7H,1,8-13H2,2-6H3. The molecule has 0 saturated heterocycles. The van der Waals surface area contributed by atoms with Crippen LogP contribution in [-0.2, 0) is 32.5 Å². The summed E-state index contributed by atoms with van der Waals surface area (Å²) in [6, 6.07) is 0. The zero-order valence-electron chi connectivity index (χ0n) is 15.9. The second-order valence-corrected chi connectivity index (χ2v) is 5.80.